The van der Waals surface area contributed by atoms with Crippen molar-refractivity contribution >= 4 is 0 Å². The molecule has 1 N–H and O–H groups in total. The first-order valence-electron chi connectivity index (χ1n) is 4.95. The monoisotopic (exact) mass is 169 g/mol. The topological polar surface area (TPSA) is 21.3 Å². The second kappa shape index (κ2) is 2.46. The highest BCUT2D eigenvalue weighted by molar-refractivity contribution is 5.02. The summed E-state index contributed by atoms with van der Waals surface area (Å²) in [6.07, 6.45) is 2.57. The normalized spacial score (nSPS) is 45.8. The first kappa shape index (κ1) is 8.52. The molecule has 0 radical (unpaired) electrons. The van der Waals surface area contributed by atoms with Crippen molar-refractivity contribution in [3.63, 3.8) is 0 Å². The summed E-state index contributed by atoms with van der Waals surface area (Å²) >= 11 is 0. The van der Waals surface area contributed by atoms with Gasteiger partial charge in [-0.15, -0.1) is 0 Å². The largest absolute Gasteiger partial charge is 0.366 e. The molecule has 2 aliphatic rings. The molecule has 2 unspecified atom stereocenters. The van der Waals surface area contributed by atoms with Crippen LogP contribution in [0.1, 0.15) is 33.6 Å². The second-order valence-electron chi connectivity index (χ2n) is 4.97. The van der Waals surface area contributed by atoms with Crippen molar-refractivity contribution in [1.29, 1.82) is 0 Å². The van der Waals surface area contributed by atoms with Gasteiger partial charge in [0.25, 0.3) is 0 Å². The molecule has 2 fully saturated rings. The molecular formula is C10H19NO. The van der Waals surface area contributed by atoms with E-state index >= 15 is 0 Å². The molecule has 1 saturated heterocycles. The fourth-order valence-corrected chi connectivity index (χ4v) is 2.37. The summed E-state index contributed by atoms with van der Waals surface area (Å²) in [5.41, 5.74) is 0.217. The van der Waals surface area contributed by atoms with Gasteiger partial charge in [0.1, 0.15) is 0 Å². The number of rotatable bonds is 0. The van der Waals surface area contributed by atoms with E-state index in [0.717, 1.165) is 19.0 Å². The Balaban J connectivity index is 2.08. The Kier molecular flexibility index (Phi) is 1.74. The van der Waals surface area contributed by atoms with Crippen molar-refractivity contribution in [3.05, 3.63) is 0 Å². The molecule has 1 aliphatic heterocycles. The average molecular weight is 169 g/mol. The van der Waals surface area contributed by atoms with Crippen molar-refractivity contribution in [3.8, 4) is 0 Å². The molecule has 0 amide bonds. The lowest BCUT2D eigenvalue weighted by Crippen LogP contribution is -2.64. The van der Waals surface area contributed by atoms with Crippen molar-refractivity contribution < 1.29 is 4.74 Å². The molecule has 2 atom stereocenters. The Morgan fingerprint density at radius 3 is 2.42 bits per heavy atom. The maximum atomic E-state index is 6.15. The van der Waals surface area contributed by atoms with Crippen LogP contribution in [0.2, 0.25) is 0 Å². The first-order chi connectivity index (χ1) is 5.54. The maximum Gasteiger partial charge on any atom is 0.0839 e. The Bertz CT molecular complexity index is 190. The van der Waals surface area contributed by atoms with Crippen LogP contribution in [-0.4, -0.2) is 24.3 Å². The zero-order valence-electron chi connectivity index (χ0n) is 8.31. The molecule has 0 bridgehead atoms. The standard InChI is InChI=1S/C10H19NO/c1-8-4-5-10(8)7-11-6-9(2,3)12-10/h8,11H,4-7H2,1-3H3. The molecule has 70 valence electrons. The van der Waals surface area contributed by atoms with E-state index in [1.54, 1.807) is 0 Å². The molecule has 0 aromatic carbocycles. The van der Waals surface area contributed by atoms with Gasteiger partial charge in [0.2, 0.25) is 0 Å². The summed E-state index contributed by atoms with van der Waals surface area (Å²) in [6, 6.07) is 0. The van der Waals surface area contributed by atoms with E-state index in [4.69, 9.17) is 4.74 Å². The van der Waals surface area contributed by atoms with E-state index in [2.05, 4.69) is 26.1 Å². The van der Waals surface area contributed by atoms with Crippen LogP contribution in [0.5, 0.6) is 0 Å². The molecule has 2 nitrogen and oxygen atoms in total. The summed E-state index contributed by atoms with van der Waals surface area (Å²) in [7, 11) is 0. The maximum absolute atomic E-state index is 6.15. The molecule has 1 aliphatic carbocycles. The van der Waals surface area contributed by atoms with Crippen LogP contribution in [0, 0.1) is 5.92 Å². The van der Waals surface area contributed by atoms with Gasteiger partial charge in [-0.05, 0) is 32.6 Å². The molecular weight excluding hydrogens is 150 g/mol. The highest BCUT2D eigenvalue weighted by Gasteiger charge is 2.50. The van der Waals surface area contributed by atoms with E-state index in [9.17, 15) is 0 Å². The molecule has 1 saturated carbocycles. The number of nitrogens with one attached hydrogen (secondary N) is 1. The molecule has 0 aromatic rings. The van der Waals surface area contributed by atoms with Crippen molar-refractivity contribution in [2.75, 3.05) is 13.1 Å². The van der Waals surface area contributed by atoms with Gasteiger partial charge in [-0.1, -0.05) is 6.92 Å². The third-order valence-corrected chi connectivity index (χ3v) is 3.35. The van der Waals surface area contributed by atoms with E-state index < -0.39 is 0 Å². The molecule has 1 heterocycles. The van der Waals surface area contributed by atoms with Gasteiger partial charge in [-0.25, -0.2) is 0 Å². The minimum absolute atomic E-state index is 0.0347. The zero-order valence-corrected chi connectivity index (χ0v) is 8.31. The van der Waals surface area contributed by atoms with Gasteiger partial charge in [-0.3, -0.25) is 0 Å². The van der Waals surface area contributed by atoms with Crippen molar-refractivity contribution in [2.24, 2.45) is 5.92 Å². The lowest BCUT2D eigenvalue weighted by Gasteiger charge is -2.55. The summed E-state index contributed by atoms with van der Waals surface area (Å²) in [6.45, 7) is 8.68. The minimum Gasteiger partial charge on any atom is -0.366 e. The SMILES string of the molecule is CC1CCC12CNCC(C)(C)O2. The van der Waals surface area contributed by atoms with E-state index in [1.807, 2.05) is 0 Å². The molecule has 2 rings (SSSR count). The average Bonchev–Trinajstić information content (AvgIpc) is 2.00. The summed E-state index contributed by atoms with van der Waals surface area (Å²) in [4.78, 5) is 0. The molecule has 12 heavy (non-hydrogen) atoms. The van der Waals surface area contributed by atoms with Crippen LogP contribution in [0.25, 0.3) is 0 Å². The molecule has 0 aromatic heterocycles. The quantitative estimate of drug-likeness (QED) is 0.594. The lowest BCUT2D eigenvalue weighted by molar-refractivity contribution is -0.223. The van der Waals surface area contributed by atoms with Gasteiger partial charge in [0.05, 0.1) is 11.2 Å². The van der Waals surface area contributed by atoms with Gasteiger partial charge in [0, 0.05) is 13.1 Å². The van der Waals surface area contributed by atoms with Crippen molar-refractivity contribution in [1.82, 2.24) is 5.32 Å². The van der Waals surface area contributed by atoms with Gasteiger partial charge in [-0.2, -0.15) is 0 Å². The smallest absolute Gasteiger partial charge is 0.0839 e. The zero-order chi connectivity index (χ0) is 8.82. The van der Waals surface area contributed by atoms with Crippen LogP contribution in [0.4, 0.5) is 0 Å². The number of morpholine rings is 1. The van der Waals surface area contributed by atoms with Crippen LogP contribution in [-0.2, 0) is 4.74 Å². The second-order valence-corrected chi connectivity index (χ2v) is 4.97. The predicted molar refractivity (Wildman–Crippen MR) is 49.2 cm³/mol. The fourth-order valence-electron chi connectivity index (χ4n) is 2.37. The first-order valence-corrected chi connectivity index (χ1v) is 4.95. The van der Waals surface area contributed by atoms with Gasteiger partial charge < -0.3 is 10.1 Å². The highest BCUT2D eigenvalue weighted by atomic mass is 16.5. The lowest BCUT2D eigenvalue weighted by atomic mass is 9.69. The molecule has 1 spiro atoms. The highest BCUT2D eigenvalue weighted by Crippen LogP contribution is 2.44. The van der Waals surface area contributed by atoms with Crippen LogP contribution < -0.4 is 5.32 Å². The Morgan fingerprint density at radius 1 is 1.33 bits per heavy atom. The van der Waals surface area contributed by atoms with E-state index in [0.29, 0.717) is 0 Å². The van der Waals surface area contributed by atoms with Crippen LogP contribution >= 0.6 is 0 Å². The summed E-state index contributed by atoms with van der Waals surface area (Å²) < 4.78 is 6.15. The number of hydrogen-bond donors (Lipinski definition) is 1. The summed E-state index contributed by atoms with van der Waals surface area (Å²) in [5, 5.41) is 3.47. The third-order valence-electron chi connectivity index (χ3n) is 3.35. The number of hydrogen-bond acceptors (Lipinski definition) is 2. The van der Waals surface area contributed by atoms with Gasteiger partial charge in [0.15, 0.2) is 0 Å². The van der Waals surface area contributed by atoms with Gasteiger partial charge >= 0.3 is 0 Å². The fraction of sp³-hybridized carbons (Fsp3) is 1.00. The Hall–Kier alpha value is -0.0800. The predicted octanol–water partition coefficient (Wildman–Crippen LogP) is 1.55. The molecule has 2 heteroatoms. The van der Waals surface area contributed by atoms with E-state index in [1.165, 1.54) is 12.8 Å². The Labute approximate surface area is 74.7 Å². The minimum atomic E-state index is 0.0347. The number of ether oxygens (including phenoxy) is 1. The van der Waals surface area contributed by atoms with Crippen LogP contribution in [0.3, 0.4) is 0 Å². The third kappa shape index (κ3) is 1.17. The van der Waals surface area contributed by atoms with Crippen molar-refractivity contribution in [2.45, 2.75) is 44.8 Å². The van der Waals surface area contributed by atoms with E-state index in [-0.39, 0.29) is 11.2 Å². The Morgan fingerprint density at radius 2 is 2.08 bits per heavy atom. The van der Waals surface area contributed by atoms with Crippen LogP contribution in [0.15, 0.2) is 0 Å². The summed E-state index contributed by atoms with van der Waals surface area (Å²) in [5.74, 6) is 0.740.